The fraction of sp³-hybridized carbons (Fsp3) is 0.462. The average molecular weight is 301 g/mol. The van der Waals surface area contributed by atoms with E-state index < -0.39 is 21.6 Å². The van der Waals surface area contributed by atoms with Crippen LogP contribution in [0.2, 0.25) is 0 Å². The molecule has 0 spiro atoms. The molecule has 1 aromatic rings. The third-order valence-corrected chi connectivity index (χ3v) is 4.28. The van der Waals surface area contributed by atoms with Crippen LogP contribution < -0.4 is 4.72 Å². The number of methoxy groups -OCH3 is 2. The summed E-state index contributed by atoms with van der Waals surface area (Å²) in [6.07, 6.45) is 0. The first-order valence-corrected chi connectivity index (χ1v) is 7.44. The van der Waals surface area contributed by atoms with Gasteiger partial charge in [0.05, 0.1) is 23.2 Å². The lowest BCUT2D eigenvalue weighted by Crippen LogP contribution is -2.40. The zero-order valence-corrected chi connectivity index (χ0v) is 12.8. The molecule has 0 radical (unpaired) electrons. The molecule has 0 bridgehead atoms. The van der Waals surface area contributed by atoms with E-state index in [0.717, 1.165) is 0 Å². The van der Waals surface area contributed by atoms with Crippen molar-refractivity contribution >= 4 is 16.0 Å². The Labute approximate surface area is 119 Å². The van der Waals surface area contributed by atoms with Crippen LogP contribution in [-0.4, -0.2) is 40.8 Å². The number of hydrogen-bond donors (Lipinski definition) is 1. The highest BCUT2D eigenvalue weighted by atomic mass is 32.2. The fourth-order valence-electron chi connectivity index (χ4n) is 1.40. The number of rotatable bonds is 6. The molecule has 1 N–H and O–H groups in total. The zero-order chi connectivity index (χ0) is 15.4. The number of ether oxygens (including phenoxy) is 2. The molecule has 6 nitrogen and oxygen atoms in total. The standard InChI is InChI=1S/C13H19NO5S/c1-13(2,19-4)9-14-20(16,17)11-8-6-5-7-10(11)12(15)18-3/h5-8,14H,9H2,1-4H3. The Bertz CT molecular complexity index is 580. The Hall–Kier alpha value is -1.44. The predicted octanol–water partition coefficient (Wildman–Crippen LogP) is 1.18. The van der Waals surface area contributed by atoms with Crippen LogP contribution in [-0.2, 0) is 19.5 Å². The molecule has 0 unspecified atom stereocenters. The van der Waals surface area contributed by atoms with Gasteiger partial charge in [-0.3, -0.25) is 0 Å². The number of benzene rings is 1. The van der Waals surface area contributed by atoms with Gasteiger partial charge >= 0.3 is 5.97 Å². The lowest BCUT2D eigenvalue weighted by atomic mass is 10.1. The van der Waals surface area contributed by atoms with Crippen molar-refractivity contribution in [1.29, 1.82) is 0 Å². The Morgan fingerprint density at radius 1 is 1.25 bits per heavy atom. The van der Waals surface area contributed by atoms with Crippen LogP contribution in [0.15, 0.2) is 29.2 Å². The molecule has 0 aromatic heterocycles. The molecule has 0 amide bonds. The van der Waals surface area contributed by atoms with Crippen molar-refractivity contribution in [2.45, 2.75) is 24.3 Å². The minimum atomic E-state index is -3.82. The number of hydrogen-bond acceptors (Lipinski definition) is 5. The number of carbonyl (C=O) groups excluding carboxylic acids is 1. The minimum absolute atomic E-state index is 0.00211. The zero-order valence-electron chi connectivity index (χ0n) is 12.0. The highest BCUT2D eigenvalue weighted by Gasteiger charge is 2.25. The maximum atomic E-state index is 12.3. The maximum absolute atomic E-state index is 12.3. The molecule has 7 heteroatoms. The van der Waals surface area contributed by atoms with Gasteiger partial charge in [0.15, 0.2) is 0 Å². The summed E-state index contributed by atoms with van der Waals surface area (Å²) >= 11 is 0. The Kier molecular flexibility index (Phi) is 5.27. The van der Waals surface area contributed by atoms with E-state index in [2.05, 4.69) is 9.46 Å². The van der Waals surface area contributed by atoms with Gasteiger partial charge in [-0.1, -0.05) is 12.1 Å². The quantitative estimate of drug-likeness (QED) is 0.798. The van der Waals surface area contributed by atoms with Crippen LogP contribution in [0.4, 0.5) is 0 Å². The maximum Gasteiger partial charge on any atom is 0.339 e. The summed E-state index contributed by atoms with van der Waals surface area (Å²) in [5.74, 6) is -0.697. The molecule has 112 valence electrons. The molecular weight excluding hydrogens is 282 g/mol. The van der Waals surface area contributed by atoms with E-state index in [0.29, 0.717) is 0 Å². The van der Waals surface area contributed by atoms with Gasteiger partial charge < -0.3 is 9.47 Å². The number of sulfonamides is 1. The summed E-state index contributed by atoms with van der Waals surface area (Å²) in [5.41, 5.74) is -0.648. The van der Waals surface area contributed by atoms with Crippen molar-refractivity contribution in [3.8, 4) is 0 Å². The van der Waals surface area contributed by atoms with Gasteiger partial charge in [0, 0.05) is 13.7 Å². The highest BCUT2D eigenvalue weighted by Crippen LogP contribution is 2.17. The van der Waals surface area contributed by atoms with Crippen LogP contribution >= 0.6 is 0 Å². The molecule has 1 aromatic carbocycles. The normalized spacial score (nSPS) is 12.2. The van der Waals surface area contributed by atoms with Crippen molar-refractivity contribution in [3.05, 3.63) is 29.8 Å². The predicted molar refractivity (Wildman–Crippen MR) is 74.1 cm³/mol. The van der Waals surface area contributed by atoms with Crippen molar-refractivity contribution in [2.24, 2.45) is 0 Å². The molecule has 0 heterocycles. The smallest absolute Gasteiger partial charge is 0.339 e. The summed E-state index contributed by atoms with van der Waals surface area (Å²) < 4.78 is 36.7. The van der Waals surface area contributed by atoms with Crippen LogP contribution in [0.5, 0.6) is 0 Å². The van der Waals surface area contributed by atoms with Crippen LogP contribution in [0.3, 0.4) is 0 Å². The first kappa shape index (κ1) is 16.6. The van der Waals surface area contributed by atoms with Gasteiger partial charge in [-0.15, -0.1) is 0 Å². The highest BCUT2D eigenvalue weighted by molar-refractivity contribution is 7.89. The Morgan fingerprint density at radius 3 is 2.40 bits per heavy atom. The Morgan fingerprint density at radius 2 is 1.85 bits per heavy atom. The first-order chi connectivity index (χ1) is 9.23. The Balaban J connectivity index is 3.08. The molecule has 0 aliphatic carbocycles. The van der Waals surface area contributed by atoms with E-state index in [9.17, 15) is 13.2 Å². The summed E-state index contributed by atoms with van der Waals surface area (Å²) in [4.78, 5) is 11.5. The largest absolute Gasteiger partial charge is 0.465 e. The van der Waals surface area contributed by atoms with Crippen LogP contribution in [0.1, 0.15) is 24.2 Å². The minimum Gasteiger partial charge on any atom is -0.465 e. The lowest BCUT2D eigenvalue weighted by molar-refractivity contribution is 0.0276. The summed E-state index contributed by atoms with van der Waals surface area (Å²) in [6, 6.07) is 5.88. The van der Waals surface area contributed by atoms with E-state index in [4.69, 9.17) is 4.74 Å². The van der Waals surface area contributed by atoms with E-state index in [1.54, 1.807) is 26.0 Å². The lowest BCUT2D eigenvalue weighted by Gasteiger charge is -2.23. The van der Waals surface area contributed by atoms with E-state index >= 15 is 0 Å². The molecule has 0 fully saturated rings. The second-order valence-electron chi connectivity index (χ2n) is 4.78. The molecule has 1 rings (SSSR count). The molecule has 0 saturated carbocycles. The second-order valence-corrected chi connectivity index (χ2v) is 6.51. The third-order valence-electron chi connectivity index (χ3n) is 2.82. The van der Waals surface area contributed by atoms with Crippen LogP contribution in [0.25, 0.3) is 0 Å². The van der Waals surface area contributed by atoms with Crippen molar-refractivity contribution in [2.75, 3.05) is 20.8 Å². The van der Waals surface area contributed by atoms with E-state index in [-0.39, 0.29) is 17.0 Å². The molecule has 0 aliphatic rings. The van der Waals surface area contributed by atoms with Crippen molar-refractivity contribution < 1.29 is 22.7 Å². The monoisotopic (exact) mass is 301 g/mol. The number of esters is 1. The van der Waals surface area contributed by atoms with Gasteiger partial charge in [-0.25, -0.2) is 17.9 Å². The topological polar surface area (TPSA) is 81.7 Å². The van der Waals surface area contributed by atoms with Gasteiger partial charge in [-0.2, -0.15) is 0 Å². The van der Waals surface area contributed by atoms with Gasteiger partial charge in [0.25, 0.3) is 0 Å². The van der Waals surface area contributed by atoms with Crippen molar-refractivity contribution in [3.63, 3.8) is 0 Å². The summed E-state index contributed by atoms with van der Waals surface area (Å²) in [6.45, 7) is 3.59. The molecular formula is C13H19NO5S. The third kappa shape index (κ3) is 4.03. The fourth-order valence-corrected chi connectivity index (χ4v) is 2.79. The van der Waals surface area contributed by atoms with Crippen molar-refractivity contribution in [1.82, 2.24) is 4.72 Å². The van der Waals surface area contributed by atoms with Crippen LogP contribution in [0, 0.1) is 0 Å². The molecule has 0 atom stereocenters. The van der Waals surface area contributed by atoms with E-state index in [1.807, 2.05) is 0 Å². The number of nitrogens with one attached hydrogen (secondary N) is 1. The van der Waals surface area contributed by atoms with Gasteiger partial charge in [-0.05, 0) is 26.0 Å². The average Bonchev–Trinajstić information content (AvgIpc) is 2.44. The number of carbonyl (C=O) groups is 1. The summed E-state index contributed by atoms with van der Waals surface area (Å²) in [5, 5.41) is 0. The van der Waals surface area contributed by atoms with Gasteiger partial charge in [0.2, 0.25) is 10.0 Å². The summed E-state index contributed by atoms with van der Waals surface area (Å²) in [7, 11) is -1.12. The van der Waals surface area contributed by atoms with E-state index in [1.165, 1.54) is 26.4 Å². The molecule has 0 saturated heterocycles. The molecule has 0 aliphatic heterocycles. The SMILES string of the molecule is COC(=O)c1ccccc1S(=O)(=O)NCC(C)(C)OC. The van der Waals surface area contributed by atoms with Gasteiger partial charge in [0.1, 0.15) is 0 Å². The first-order valence-electron chi connectivity index (χ1n) is 5.95. The molecule has 20 heavy (non-hydrogen) atoms. The second kappa shape index (κ2) is 6.34.